The van der Waals surface area contributed by atoms with Gasteiger partial charge in [-0.1, -0.05) is 19.3 Å². The summed E-state index contributed by atoms with van der Waals surface area (Å²) < 4.78 is 0. The molecule has 1 fully saturated rings. The molecular formula is C19H27N7O. The number of benzene rings is 1. The molecule has 0 amide bonds. The van der Waals surface area contributed by atoms with Crippen molar-refractivity contribution in [2.24, 2.45) is 5.92 Å². The Morgan fingerprint density at radius 3 is 2.78 bits per heavy atom. The van der Waals surface area contributed by atoms with Crippen LogP contribution in [0.1, 0.15) is 37.7 Å². The number of fused-ring (bicyclic) bond motifs is 2. The summed E-state index contributed by atoms with van der Waals surface area (Å²) >= 11 is 0. The predicted molar refractivity (Wildman–Crippen MR) is 109 cm³/mol. The van der Waals surface area contributed by atoms with Crippen LogP contribution in [0.25, 0.3) is 21.9 Å². The summed E-state index contributed by atoms with van der Waals surface area (Å²) in [6.07, 6.45) is 7.46. The van der Waals surface area contributed by atoms with Crippen molar-refractivity contribution in [3.8, 4) is 0 Å². The molecule has 2 heterocycles. The maximum Gasteiger partial charge on any atom is 0.260 e. The molecule has 27 heavy (non-hydrogen) atoms. The molecule has 0 spiro atoms. The van der Waals surface area contributed by atoms with E-state index in [1.165, 1.54) is 32.1 Å². The minimum Gasteiger partial charge on any atom is -0.369 e. The maximum atomic E-state index is 12.4. The van der Waals surface area contributed by atoms with E-state index in [4.69, 9.17) is 5.73 Å². The van der Waals surface area contributed by atoms with Crippen LogP contribution in [-0.4, -0.2) is 40.1 Å². The first-order valence-corrected chi connectivity index (χ1v) is 9.75. The molecular weight excluding hydrogens is 342 g/mol. The highest BCUT2D eigenvalue weighted by atomic mass is 16.1. The van der Waals surface area contributed by atoms with Crippen LogP contribution in [0.15, 0.2) is 10.9 Å². The van der Waals surface area contributed by atoms with Crippen molar-refractivity contribution < 1.29 is 0 Å². The fourth-order valence-electron chi connectivity index (χ4n) is 4.11. The second kappa shape index (κ2) is 7.56. The van der Waals surface area contributed by atoms with E-state index < -0.39 is 0 Å². The molecule has 8 heteroatoms. The third-order valence-corrected chi connectivity index (χ3v) is 5.51. The molecule has 8 nitrogen and oxygen atoms in total. The first-order valence-electron chi connectivity index (χ1n) is 9.75. The Bertz CT molecular complexity index is 1000. The van der Waals surface area contributed by atoms with Crippen molar-refractivity contribution in [1.82, 2.24) is 25.3 Å². The average molecular weight is 369 g/mol. The van der Waals surface area contributed by atoms with Crippen LogP contribution in [0.4, 0.5) is 11.9 Å². The molecule has 0 radical (unpaired) electrons. The number of aromatic nitrogens is 4. The van der Waals surface area contributed by atoms with Crippen molar-refractivity contribution in [2.45, 2.75) is 38.5 Å². The molecule has 4 rings (SSSR count). The molecule has 3 aromatic rings. The van der Waals surface area contributed by atoms with Crippen molar-refractivity contribution >= 4 is 33.8 Å². The lowest BCUT2D eigenvalue weighted by atomic mass is 9.89. The number of nitrogen functional groups attached to an aromatic ring is 1. The largest absolute Gasteiger partial charge is 0.369 e. The average Bonchev–Trinajstić information content (AvgIpc) is 3.09. The Kier molecular flexibility index (Phi) is 4.98. The van der Waals surface area contributed by atoms with E-state index in [2.05, 4.69) is 30.6 Å². The molecule has 6 N–H and O–H groups in total. The third kappa shape index (κ3) is 3.62. The van der Waals surface area contributed by atoms with E-state index in [-0.39, 0.29) is 11.5 Å². The Morgan fingerprint density at radius 2 is 2.00 bits per heavy atom. The van der Waals surface area contributed by atoms with Gasteiger partial charge in [-0.2, -0.15) is 0 Å². The molecule has 144 valence electrons. The van der Waals surface area contributed by atoms with E-state index in [1.807, 2.05) is 7.05 Å². The van der Waals surface area contributed by atoms with Crippen molar-refractivity contribution in [3.63, 3.8) is 0 Å². The molecule has 1 aliphatic rings. The fourth-order valence-corrected chi connectivity index (χ4v) is 4.11. The van der Waals surface area contributed by atoms with E-state index >= 15 is 0 Å². The van der Waals surface area contributed by atoms with E-state index in [0.29, 0.717) is 16.9 Å². The molecule has 0 bridgehead atoms. The molecule has 1 aromatic carbocycles. The second-order valence-corrected chi connectivity index (χ2v) is 7.39. The Labute approximate surface area is 157 Å². The topological polar surface area (TPSA) is 125 Å². The molecule has 0 unspecified atom stereocenters. The highest BCUT2D eigenvalue weighted by Crippen LogP contribution is 2.26. The highest BCUT2D eigenvalue weighted by Gasteiger charge is 2.16. The molecule has 1 aliphatic carbocycles. The van der Waals surface area contributed by atoms with Gasteiger partial charge in [0.15, 0.2) is 0 Å². The number of hydrogen-bond donors (Lipinski definition) is 5. The Morgan fingerprint density at radius 1 is 1.19 bits per heavy atom. The summed E-state index contributed by atoms with van der Waals surface area (Å²) in [4.78, 5) is 27.2. The normalized spacial score (nSPS) is 15.6. The number of nitrogens with two attached hydrogens (primary N) is 1. The van der Waals surface area contributed by atoms with Crippen LogP contribution < -0.4 is 21.9 Å². The van der Waals surface area contributed by atoms with Crippen molar-refractivity contribution in [2.75, 3.05) is 31.2 Å². The molecule has 2 aromatic heterocycles. The lowest BCUT2D eigenvalue weighted by molar-refractivity contribution is 0.343. The zero-order valence-corrected chi connectivity index (χ0v) is 15.7. The summed E-state index contributed by atoms with van der Waals surface area (Å²) in [5.74, 6) is 1.58. The van der Waals surface area contributed by atoms with Gasteiger partial charge in [-0.05, 0) is 44.3 Å². The number of imidazole rings is 1. The number of nitrogens with zero attached hydrogens (tertiary/aromatic N) is 2. The smallest absolute Gasteiger partial charge is 0.260 e. The van der Waals surface area contributed by atoms with Gasteiger partial charge < -0.3 is 21.4 Å². The first kappa shape index (κ1) is 17.8. The number of aromatic amines is 2. The van der Waals surface area contributed by atoms with Crippen molar-refractivity contribution in [3.05, 3.63) is 22.0 Å². The fraction of sp³-hybridized carbons (Fsp3) is 0.526. The van der Waals surface area contributed by atoms with Gasteiger partial charge in [-0.3, -0.25) is 9.78 Å². The standard InChI is InChI=1S/C19H27N7O/c1-21-19-23-14-9-13-15(24-18(20)26-17(13)27)12(16(14)25-19)7-8-22-10-11-5-3-2-4-6-11/h9,11,22H,2-8,10H2,1H3,(H2,21,23,25)(H3,20,24,26,27). The number of anilines is 2. The monoisotopic (exact) mass is 369 g/mol. The van der Waals surface area contributed by atoms with Crippen LogP contribution in [0, 0.1) is 5.92 Å². The lowest BCUT2D eigenvalue weighted by Gasteiger charge is -2.21. The molecule has 1 saturated carbocycles. The molecule has 0 atom stereocenters. The van der Waals surface area contributed by atoms with E-state index in [0.717, 1.165) is 42.0 Å². The minimum atomic E-state index is -0.226. The third-order valence-electron chi connectivity index (χ3n) is 5.51. The Hall–Kier alpha value is -2.61. The summed E-state index contributed by atoms with van der Waals surface area (Å²) in [6.45, 7) is 1.87. The van der Waals surface area contributed by atoms with Gasteiger partial charge in [0.05, 0.1) is 21.9 Å². The van der Waals surface area contributed by atoms with Crippen LogP contribution >= 0.6 is 0 Å². The van der Waals surface area contributed by atoms with Gasteiger partial charge in [0.1, 0.15) is 0 Å². The summed E-state index contributed by atoms with van der Waals surface area (Å²) in [5.41, 5.74) is 8.82. The van der Waals surface area contributed by atoms with Crippen LogP contribution in [0.2, 0.25) is 0 Å². The van der Waals surface area contributed by atoms with Crippen LogP contribution in [0.5, 0.6) is 0 Å². The van der Waals surface area contributed by atoms with Gasteiger partial charge in [0, 0.05) is 12.6 Å². The van der Waals surface area contributed by atoms with Gasteiger partial charge in [0.2, 0.25) is 11.9 Å². The highest BCUT2D eigenvalue weighted by molar-refractivity contribution is 5.98. The zero-order valence-electron chi connectivity index (χ0n) is 15.7. The molecule has 0 saturated heterocycles. The van der Waals surface area contributed by atoms with Crippen LogP contribution in [-0.2, 0) is 6.42 Å². The second-order valence-electron chi connectivity index (χ2n) is 7.39. The zero-order chi connectivity index (χ0) is 18.8. The molecule has 0 aliphatic heterocycles. The summed E-state index contributed by atoms with van der Waals surface area (Å²) in [5, 5.41) is 7.14. The minimum absolute atomic E-state index is 0.132. The van der Waals surface area contributed by atoms with E-state index in [1.54, 1.807) is 6.07 Å². The number of hydrogen-bond acceptors (Lipinski definition) is 6. The number of rotatable bonds is 6. The van der Waals surface area contributed by atoms with Gasteiger partial charge >= 0.3 is 0 Å². The number of nitrogens with one attached hydrogen (secondary N) is 4. The van der Waals surface area contributed by atoms with Gasteiger partial charge in [-0.25, -0.2) is 9.97 Å². The lowest BCUT2D eigenvalue weighted by Crippen LogP contribution is -2.26. The van der Waals surface area contributed by atoms with Gasteiger partial charge in [0.25, 0.3) is 5.56 Å². The SMILES string of the molecule is CNc1nc2c(CCNCC3CCCCC3)c3nc(N)[nH]c(=O)c3cc2[nH]1. The van der Waals surface area contributed by atoms with Gasteiger partial charge in [-0.15, -0.1) is 0 Å². The van der Waals surface area contributed by atoms with Crippen molar-refractivity contribution in [1.29, 1.82) is 0 Å². The predicted octanol–water partition coefficient (Wildman–Crippen LogP) is 2.14. The summed E-state index contributed by atoms with van der Waals surface area (Å²) in [6, 6.07) is 1.79. The van der Waals surface area contributed by atoms with E-state index in [9.17, 15) is 4.79 Å². The quantitative estimate of drug-likeness (QED) is 0.424. The first-order chi connectivity index (χ1) is 13.2. The summed E-state index contributed by atoms with van der Waals surface area (Å²) in [7, 11) is 1.81. The number of H-pyrrole nitrogens is 2. The maximum absolute atomic E-state index is 12.4. The Balaban J connectivity index is 1.63. The van der Waals surface area contributed by atoms with Crippen LogP contribution in [0.3, 0.4) is 0 Å².